The van der Waals surface area contributed by atoms with Crippen molar-refractivity contribution >= 4 is 40.7 Å². The van der Waals surface area contributed by atoms with Crippen LogP contribution in [0.1, 0.15) is 33.3 Å². The summed E-state index contributed by atoms with van der Waals surface area (Å²) in [5.74, 6) is 0.201. The largest absolute Gasteiger partial charge is 0.486 e. The number of hydrogen-bond acceptors (Lipinski definition) is 6. The molecule has 0 aliphatic rings. The first-order valence-electron chi connectivity index (χ1n) is 11.2. The molecule has 190 valence electrons. The number of nitrogens with one attached hydrogen (secondary N) is 1. The zero-order valence-electron chi connectivity index (χ0n) is 20.1. The molecule has 0 spiro atoms. The normalized spacial score (nSPS) is 11.0. The number of carbonyl (C=O) groups excluding carboxylic acids is 1. The maximum atomic E-state index is 12.4. The fourth-order valence-corrected chi connectivity index (χ4v) is 4.27. The molecule has 0 radical (unpaired) electrons. The van der Waals surface area contributed by atoms with Gasteiger partial charge in [0.05, 0.1) is 9.78 Å². The molecular weight excluding hydrogens is 589 g/mol. The van der Waals surface area contributed by atoms with E-state index in [1.54, 1.807) is 30.3 Å². The van der Waals surface area contributed by atoms with Crippen LogP contribution in [0, 0.1) is 17.4 Å². The van der Waals surface area contributed by atoms with Crippen LogP contribution in [0.15, 0.2) is 76.2 Å². The number of aromatic nitrogens is 1. The summed E-state index contributed by atoms with van der Waals surface area (Å²) in [4.78, 5) is 23.0. The highest BCUT2D eigenvalue weighted by Gasteiger charge is 2.11. The summed E-state index contributed by atoms with van der Waals surface area (Å²) < 4.78 is 19.5. The second-order valence-corrected chi connectivity index (χ2v) is 9.23. The Bertz CT molecular complexity index is 1420. The minimum absolute atomic E-state index is 0.108. The monoisotopic (exact) mass is 613 g/mol. The third kappa shape index (κ3) is 6.79. The Morgan fingerprint density at radius 3 is 2.43 bits per heavy atom. The van der Waals surface area contributed by atoms with E-state index < -0.39 is 18.5 Å². The van der Waals surface area contributed by atoms with Gasteiger partial charge in [0.1, 0.15) is 23.9 Å². The fourth-order valence-electron chi connectivity index (χ4n) is 3.57. The predicted octanol–water partition coefficient (Wildman–Crippen LogP) is 5.10. The number of ether oxygens (including phenoxy) is 2. The van der Waals surface area contributed by atoms with Crippen molar-refractivity contribution in [1.29, 1.82) is 0 Å². The van der Waals surface area contributed by atoms with Gasteiger partial charge in [-0.3, -0.25) is 4.79 Å². The molecule has 0 fully saturated rings. The highest BCUT2D eigenvalue weighted by molar-refractivity contribution is 14.1. The van der Waals surface area contributed by atoms with Crippen molar-refractivity contribution in [3.8, 4) is 17.2 Å². The first-order chi connectivity index (χ1) is 17.8. The minimum Gasteiger partial charge on any atom is -0.486 e. The van der Waals surface area contributed by atoms with Crippen LogP contribution in [0.5, 0.6) is 11.5 Å². The number of nitrogens with zero attached hydrogens (tertiary/aromatic N) is 2. The number of carboxylic acid groups (broad SMARTS) is 1. The van der Waals surface area contributed by atoms with Gasteiger partial charge in [-0.05, 0) is 109 Å². The van der Waals surface area contributed by atoms with Gasteiger partial charge < -0.3 is 23.6 Å². The standard InChI is InChI=1S/C27H24IN3O6/c1-17-3-4-18(2)31(17)20-6-8-21(9-7-20)35-15-22-10-12-25(37-22)27(34)30-29-14-19-5-11-24(23(28)13-19)36-16-26(32)33/h3-14H,15-16H2,1-2H3,(H,30,34)(H,32,33)/b29-14+. The summed E-state index contributed by atoms with van der Waals surface area (Å²) in [6.45, 7) is 3.88. The Hall–Kier alpha value is -4.06. The molecule has 0 aliphatic carbocycles. The topological polar surface area (TPSA) is 115 Å². The van der Waals surface area contributed by atoms with Crippen molar-refractivity contribution in [2.24, 2.45) is 5.10 Å². The lowest BCUT2D eigenvalue weighted by Crippen LogP contribution is -2.16. The van der Waals surface area contributed by atoms with Crippen LogP contribution in [0.25, 0.3) is 5.69 Å². The summed E-state index contributed by atoms with van der Waals surface area (Å²) >= 11 is 2.03. The molecular formula is C27H24IN3O6. The maximum absolute atomic E-state index is 12.4. The van der Waals surface area contributed by atoms with Gasteiger partial charge in [0.2, 0.25) is 0 Å². The van der Waals surface area contributed by atoms with Crippen molar-refractivity contribution in [2.45, 2.75) is 20.5 Å². The van der Waals surface area contributed by atoms with Crippen molar-refractivity contribution in [3.05, 3.63) is 98.8 Å². The number of hydrogen-bond donors (Lipinski definition) is 2. The number of hydrazone groups is 1. The van der Waals surface area contributed by atoms with E-state index in [0.717, 1.165) is 20.6 Å². The molecule has 2 aromatic carbocycles. The fraction of sp³-hybridized carbons (Fsp3) is 0.148. The second-order valence-electron chi connectivity index (χ2n) is 8.07. The van der Waals surface area contributed by atoms with Crippen molar-refractivity contribution in [1.82, 2.24) is 9.99 Å². The van der Waals surface area contributed by atoms with Gasteiger partial charge in [-0.15, -0.1) is 0 Å². The molecule has 0 atom stereocenters. The van der Waals surface area contributed by atoms with E-state index in [1.165, 1.54) is 6.21 Å². The number of amides is 1. The summed E-state index contributed by atoms with van der Waals surface area (Å²) in [7, 11) is 0. The van der Waals surface area contributed by atoms with Crippen LogP contribution >= 0.6 is 22.6 Å². The van der Waals surface area contributed by atoms with Crippen molar-refractivity contribution in [3.63, 3.8) is 0 Å². The molecule has 4 aromatic rings. The molecule has 2 N–H and O–H groups in total. The Morgan fingerprint density at radius 2 is 1.76 bits per heavy atom. The van der Waals surface area contributed by atoms with Crippen molar-refractivity contribution in [2.75, 3.05) is 6.61 Å². The lowest BCUT2D eigenvalue weighted by Gasteiger charge is -2.10. The number of carboxylic acids is 1. The molecule has 2 aromatic heterocycles. The number of furan rings is 1. The average molecular weight is 613 g/mol. The smallest absolute Gasteiger partial charge is 0.341 e. The SMILES string of the molecule is Cc1ccc(C)n1-c1ccc(OCc2ccc(C(=O)N/N=C/c3ccc(OCC(=O)O)c(I)c3)o2)cc1. The minimum atomic E-state index is -1.05. The van der Waals surface area contributed by atoms with E-state index >= 15 is 0 Å². The molecule has 9 nitrogen and oxygen atoms in total. The molecule has 1 amide bonds. The number of rotatable bonds is 10. The number of aliphatic carboxylic acids is 1. The zero-order chi connectivity index (χ0) is 26.4. The van der Waals surface area contributed by atoms with Crippen LogP contribution < -0.4 is 14.9 Å². The summed E-state index contributed by atoms with van der Waals surface area (Å²) in [6, 6.07) is 20.3. The third-order valence-electron chi connectivity index (χ3n) is 5.32. The first-order valence-corrected chi connectivity index (χ1v) is 12.3. The van der Waals surface area contributed by atoms with Gasteiger partial charge >= 0.3 is 11.9 Å². The van der Waals surface area contributed by atoms with E-state index in [9.17, 15) is 9.59 Å². The molecule has 4 rings (SSSR count). The van der Waals surface area contributed by atoms with Gasteiger partial charge in [-0.2, -0.15) is 5.10 Å². The average Bonchev–Trinajstić information content (AvgIpc) is 3.48. The zero-order valence-corrected chi connectivity index (χ0v) is 22.3. The van der Waals surface area contributed by atoms with Gasteiger partial charge in [0.25, 0.3) is 0 Å². The van der Waals surface area contributed by atoms with Crippen LogP contribution in [-0.2, 0) is 11.4 Å². The lowest BCUT2D eigenvalue weighted by molar-refractivity contribution is -0.139. The number of halogens is 1. The quantitative estimate of drug-likeness (QED) is 0.146. The van der Waals surface area contributed by atoms with E-state index in [4.69, 9.17) is 19.0 Å². The maximum Gasteiger partial charge on any atom is 0.341 e. The Morgan fingerprint density at radius 1 is 1.03 bits per heavy atom. The summed E-state index contributed by atoms with van der Waals surface area (Å²) in [5.41, 5.74) is 6.50. The van der Waals surface area contributed by atoms with Crippen molar-refractivity contribution < 1.29 is 28.6 Å². The van der Waals surface area contributed by atoms with Gasteiger partial charge in [0.15, 0.2) is 12.4 Å². The highest BCUT2D eigenvalue weighted by Crippen LogP contribution is 2.22. The summed E-state index contributed by atoms with van der Waals surface area (Å²) in [5, 5.41) is 12.7. The number of carbonyl (C=O) groups is 2. The van der Waals surface area contributed by atoms with Crippen LogP contribution in [0.4, 0.5) is 0 Å². The molecule has 0 unspecified atom stereocenters. The molecule has 37 heavy (non-hydrogen) atoms. The predicted molar refractivity (Wildman–Crippen MR) is 146 cm³/mol. The van der Waals surface area contributed by atoms with E-state index in [2.05, 4.69) is 41.1 Å². The van der Waals surface area contributed by atoms with Crippen LogP contribution in [0.3, 0.4) is 0 Å². The Balaban J connectivity index is 1.28. The van der Waals surface area contributed by atoms with E-state index in [1.807, 2.05) is 46.9 Å². The molecule has 0 aliphatic heterocycles. The van der Waals surface area contributed by atoms with Gasteiger partial charge in [-0.1, -0.05) is 0 Å². The molecule has 0 saturated heterocycles. The molecule has 0 bridgehead atoms. The molecule has 2 heterocycles. The van der Waals surface area contributed by atoms with Crippen LogP contribution in [0.2, 0.25) is 0 Å². The first kappa shape index (κ1) is 26.0. The van der Waals surface area contributed by atoms with E-state index in [0.29, 0.717) is 22.8 Å². The number of benzene rings is 2. The number of aryl methyl sites for hydroxylation is 2. The second kappa shape index (κ2) is 11.8. The van der Waals surface area contributed by atoms with Gasteiger partial charge in [0, 0.05) is 17.1 Å². The van der Waals surface area contributed by atoms with E-state index in [-0.39, 0.29) is 12.4 Å². The van der Waals surface area contributed by atoms with Crippen LogP contribution in [-0.4, -0.2) is 34.4 Å². The Labute approximate surface area is 226 Å². The Kier molecular flexibility index (Phi) is 8.29. The summed E-state index contributed by atoms with van der Waals surface area (Å²) in [6.07, 6.45) is 1.47. The molecule has 10 heteroatoms. The lowest BCUT2D eigenvalue weighted by atomic mass is 10.2. The van der Waals surface area contributed by atoms with Gasteiger partial charge in [-0.25, -0.2) is 10.2 Å². The highest BCUT2D eigenvalue weighted by atomic mass is 127. The third-order valence-corrected chi connectivity index (χ3v) is 6.16. The molecule has 0 saturated carbocycles.